The Kier molecular flexibility index (Phi) is 5.33. The number of carbonyl (C=O) groups excluding carboxylic acids is 1. The van der Waals surface area contributed by atoms with Gasteiger partial charge < -0.3 is 10.4 Å². The molecule has 1 heterocycles. The molecule has 1 fully saturated rings. The van der Waals surface area contributed by atoms with Crippen molar-refractivity contribution in [3.05, 3.63) is 35.4 Å². The largest absolute Gasteiger partial charge is 0.480 e. The van der Waals surface area contributed by atoms with Crippen LogP contribution in [0.1, 0.15) is 30.4 Å². The summed E-state index contributed by atoms with van der Waals surface area (Å²) in [4.78, 5) is 24.9. The van der Waals surface area contributed by atoms with E-state index in [1.807, 2.05) is 31.2 Å². The average Bonchev–Trinajstić information content (AvgIpc) is 2.47. The molecule has 0 bridgehead atoms. The smallest absolute Gasteiger partial charge is 0.320 e. The minimum absolute atomic E-state index is 0.122. The van der Waals surface area contributed by atoms with Crippen molar-refractivity contribution in [2.24, 2.45) is 0 Å². The van der Waals surface area contributed by atoms with E-state index >= 15 is 0 Å². The lowest BCUT2D eigenvalue weighted by atomic mass is 10.0. The summed E-state index contributed by atoms with van der Waals surface area (Å²) in [6.45, 7) is 3.33. The van der Waals surface area contributed by atoms with Crippen LogP contribution in [-0.2, 0) is 16.1 Å². The monoisotopic (exact) mass is 290 g/mol. The van der Waals surface area contributed by atoms with Crippen LogP contribution in [0, 0.1) is 6.92 Å². The van der Waals surface area contributed by atoms with Crippen molar-refractivity contribution in [1.82, 2.24) is 10.2 Å². The fourth-order valence-corrected chi connectivity index (χ4v) is 2.61. The lowest BCUT2D eigenvalue weighted by molar-refractivity contribution is -0.145. The lowest BCUT2D eigenvalue weighted by Crippen LogP contribution is -2.48. The van der Waals surface area contributed by atoms with Gasteiger partial charge in [0, 0.05) is 6.54 Å². The molecule has 1 aromatic rings. The third kappa shape index (κ3) is 4.56. The molecule has 0 aliphatic carbocycles. The van der Waals surface area contributed by atoms with Gasteiger partial charge in [-0.05, 0) is 31.9 Å². The second-order valence-electron chi connectivity index (χ2n) is 5.58. The number of nitrogens with one attached hydrogen (secondary N) is 1. The number of aliphatic carboxylic acids is 1. The summed E-state index contributed by atoms with van der Waals surface area (Å²) in [6.07, 6.45) is 2.49. The van der Waals surface area contributed by atoms with Crippen molar-refractivity contribution in [1.29, 1.82) is 0 Å². The number of rotatable bonds is 5. The number of carboxylic acid groups (broad SMARTS) is 1. The molecule has 2 N–H and O–H groups in total. The van der Waals surface area contributed by atoms with Crippen LogP contribution in [0.25, 0.3) is 0 Å². The van der Waals surface area contributed by atoms with Crippen molar-refractivity contribution in [3.63, 3.8) is 0 Å². The van der Waals surface area contributed by atoms with Crippen LogP contribution >= 0.6 is 0 Å². The highest BCUT2D eigenvalue weighted by Crippen LogP contribution is 2.16. The Labute approximate surface area is 125 Å². The third-order valence-electron chi connectivity index (χ3n) is 3.86. The average molecular weight is 290 g/mol. The third-order valence-corrected chi connectivity index (χ3v) is 3.86. The van der Waals surface area contributed by atoms with Gasteiger partial charge in [0.15, 0.2) is 0 Å². The summed E-state index contributed by atoms with van der Waals surface area (Å²) >= 11 is 0. The molecule has 1 unspecified atom stereocenters. The first kappa shape index (κ1) is 15.5. The Morgan fingerprint density at radius 1 is 1.29 bits per heavy atom. The fourth-order valence-electron chi connectivity index (χ4n) is 2.61. The number of carbonyl (C=O) groups is 2. The number of hydrogen-bond donors (Lipinski definition) is 2. The number of nitrogens with zero attached hydrogens (tertiary/aromatic N) is 1. The van der Waals surface area contributed by atoms with Gasteiger partial charge in [0.05, 0.1) is 6.54 Å². The second kappa shape index (κ2) is 7.22. The number of aryl methyl sites for hydroxylation is 1. The minimum atomic E-state index is -0.832. The second-order valence-corrected chi connectivity index (χ2v) is 5.58. The van der Waals surface area contributed by atoms with Gasteiger partial charge in [0.2, 0.25) is 5.91 Å². The van der Waals surface area contributed by atoms with Gasteiger partial charge in [-0.15, -0.1) is 0 Å². The Morgan fingerprint density at radius 3 is 2.67 bits per heavy atom. The predicted octanol–water partition coefficient (Wildman–Crippen LogP) is 1.55. The Balaban J connectivity index is 1.83. The van der Waals surface area contributed by atoms with E-state index in [0.717, 1.165) is 18.4 Å². The zero-order valence-corrected chi connectivity index (χ0v) is 12.3. The zero-order valence-electron chi connectivity index (χ0n) is 12.3. The van der Waals surface area contributed by atoms with Crippen molar-refractivity contribution < 1.29 is 14.7 Å². The maximum absolute atomic E-state index is 12.0. The summed E-state index contributed by atoms with van der Waals surface area (Å²) in [6, 6.07) is 7.45. The molecule has 1 aromatic carbocycles. The van der Waals surface area contributed by atoms with Gasteiger partial charge in [-0.25, -0.2) is 0 Å². The molecule has 1 atom stereocenters. The molecule has 1 amide bonds. The maximum Gasteiger partial charge on any atom is 0.320 e. The fraction of sp³-hybridized carbons (Fsp3) is 0.500. The molecule has 0 aromatic heterocycles. The molecule has 1 aliphatic rings. The molecule has 5 heteroatoms. The van der Waals surface area contributed by atoms with Gasteiger partial charge in [0.1, 0.15) is 6.04 Å². The van der Waals surface area contributed by atoms with Gasteiger partial charge in [0.25, 0.3) is 0 Å². The standard InChI is InChI=1S/C16H22N2O3/c1-12-5-7-13(8-6-12)10-17-15(19)11-18-9-3-2-4-14(18)16(20)21/h5-8,14H,2-4,9-11H2,1H3,(H,17,19)(H,20,21). The molecule has 114 valence electrons. The van der Waals surface area contributed by atoms with Gasteiger partial charge in [-0.3, -0.25) is 14.5 Å². The normalized spacial score (nSPS) is 19.2. The van der Waals surface area contributed by atoms with E-state index in [0.29, 0.717) is 19.5 Å². The van der Waals surface area contributed by atoms with E-state index in [-0.39, 0.29) is 12.5 Å². The first-order valence-electron chi connectivity index (χ1n) is 7.35. The van der Waals surface area contributed by atoms with E-state index < -0.39 is 12.0 Å². The zero-order chi connectivity index (χ0) is 15.2. The molecule has 1 saturated heterocycles. The first-order valence-corrected chi connectivity index (χ1v) is 7.35. The van der Waals surface area contributed by atoms with Crippen LogP contribution < -0.4 is 5.32 Å². The summed E-state index contributed by atoms with van der Waals surface area (Å²) in [5.41, 5.74) is 2.23. The summed E-state index contributed by atoms with van der Waals surface area (Å²) in [5, 5.41) is 12.0. The van der Waals surface area contributed by atoms with E-state index in [1.54, 1.807) is 4.90 Å². The maximum atomic E-state index is 12.0. The molecule has 21 heavy (non-hydrogen) atoms. The van der Waals surface area contributed by atoms with Crippen LogP contribution in [-0.4, -0.2) is 41.0 Å². The topological polar surface area (TPSA) is 69.6 Å². The molecule has 0 radical (unpaired) electrons. The van der Waals surface area contributed by atoms with E-state index in [2.05, 4.69) is 5.32 Å². The summed E-state index contributed by atoms with van der Waals surface area (Å²) < 4.78 is 0. The molecular formula is C16H22N2O3. The number of carboxylic acids is 1. The van der Waals surface area contributed by atoms with E-state index in [9.17, 15) is 14.7 Å². The summed E-state index contributed by atoms with van der Waals surface area (Å²) in [5.74, 6) is -0.954. The number of piperidine rings is 1. The first-order chi connectivity index (χ1) is 10.1. The molecule has 0 spiro atoms. The van der Waals surface area contributed by atoms with Crippen LogP contribution in [0.3, 0.4) is 0 Å². The Hall–Kier alpha value is -1.88. The SMILES string of the molecule is Cc1ccc(CNC(=O)CN2CCCCC2C(=O)O)cc1. The van der Waals surface area contributed by atoms with Gasteiger partial charge in [-0.1, -0.05) is 36.2 Å². The van der Waals surface area contributed by atoms with Crippen molar-refractivity contribution in [2.45, 2.75) is 38.8 Å². The quantitative estimate of drug-likeness (QED) is 0.863. The van der Waals surface area contributed by atoms with Crippen LogP contribution in [0.15, 0.2) is 24.3 Å². The highest BCUT2D eigenvalue weighted by atomic mass is 16.4. The van der Waals surface area contributed by atoms with Crippen LogP contribution in [0.2, 0.25) is 0 Å². The summed E-state index contributed by atoms with van der Waals surface area (Å²) in [7, 11) is 0. The number of benzene rings is 1. The number of amides is 1. The molecule has 2 rings (SSSR count). The molecular weight excluding hydrogens is 268 g/mol. The Morgan fingerprint density at radius 2 is 2.00 bits per heavy atom. The van der Waals surface area contributed by atoms with E-state index in [4.69, 9.17) is 0 Å². The van der Waals surface area contributed by atoms with E-state index in [1.165, 1.54) is 5.56 Å². The highest BCUT2D eigenvalue weighted by molar-refractivity contribution is 5.80. The van der Waals surface area contributed by atoms with Crippen molar-refractivity contribution in [3.8, 4) is 0 Å². The number of hydrogen-bond acceptors (Lipinski definition) is 3. The molecule has 0 saturated carbocycles. The van der Waals surface area contributed by atoms with Gasteiger partial charge in [-0.2, -0.15) is 0 Å². The van der Waals surface area contributed by atoms with Crippen molar-refractivity contribution in [2.75, 3.05) is 13.1 Å². The molecule has 1 aliphatic heterocycles. The number of likely N-dealkylation sites (tertiary alicyclic amines) is 1. The van der Waals surface area contributed by atoms with Crippen LogP contribution in [0.5, 0.6) is 0 Å². The Bertz CT molecular complexity index is 499. The lowest BCUT2D eigenvalue weighted by Gasteiger charge is -2.32. The van der Waals surface area contributed by atoms with Crippen molar-refractivity contribution >= 4 is 11.9 Å². The molecule has 5 nitrogen and oxygen atoms in total. The van der Waals surface area contributed by atoms with Gasteiger partial charge >= 0.3 is 5.97 Å². The predicted molar refractivity (Wildman–Crippen MR) is 79.9 cm³/mol. The van der Waals surface area contributed by atoms with Crippen LogP contribution in [0.4, 0.5) is 0 Å². The minimum Gasteiger partial charge on any atom is -0.480 e. The highest BCUT2D eigenvalue weighted by Gasteiger charge is 2.29.